The first kappa shape index (κ1) is 23.7. The smallest absolute Gasteiger partial charge is 0.241 e. The number of nitrogens with zero attached hydrogens (tertiary/aromatic N) is 2. The summed E-state index contributed by atoms with van der Waals surface area (Å²) in [6.45, 7) is 4.64. The standard InChI is InChI=1S/C20H31FN4O.HI/c1-14-7-5-6-8-18(14)24-20(23-13-19(26)25(3)4)22-12-16-9-10-17(21)15(2)11-16;/h9-11,14,18H,5-8,12-13H2,1-4H3,(H2,22,23,24);1H. The first-order valence-electron chi connectivity index (χ1n) is 9.37. The second-order valence-corrected chi connectivity index (χ2v) is 7.40. The van der Waals surface area contributed by atoms with Crippen LogP contribution in [0.15, 0.2) is 23.2 Å². The zero-order valence-corrected chi connectivity index (χ0v) is 19.0. The molecule has 0 aliphatic heterocycles. The molecule has 0 aromatic heterocycles. The van der Waals surface area contributed by atoms with E-state index in [1.54, 1.807) is 32.0 Å². The van der Waals surface area contributed by atoms with Gasteiger partial charge in [-0.05, 0) is 42.9 Å². The molecule has 0 radical (unpaired) electrons. The summed E-state index contributed by atoms with van der Waals surface area (Å²) in [7, 11) is 3.47. The van der Waals surface area contributed by atoms with Gasteiger partial charge in [-0.3, -0.25) is 4.79 Å². The van der Waals surface area contributed by atoms with E-state index >= 15 is 0 Å². The molecule has 1 amide bonds. The molecule has 1 fully saturated rings. The average molecular weight is 490 g/mol. The molecule has 1 aromatic rings. The van der Waals surface area contributed by atoms with E-state index in [1.807, 2.05) is 6.07 Å². The topological polar surface area (TPSA) is 56.7 Å². The van der Waals surface area contributed by atoms with Crippen LogP contribution in [-0.2, 0) is 11.3 Å². The number of carbonyl (C=O) groups excluding carboxylic acids is 1. The Balaban J connectivity index is 0.00000364. The molecule has 0 heterocycles. The SMILES string of the molecule is Cc1cc(CN=C(NCC(=O)N(C)C)NC2CCCCC2C)ccc1F.I. The molecule has 152 valence electrons. The number of guanidine groups is 1. The summed E-state index contributed by atoms with van der Waals surface area (Å²) < 4.78 is 13.4. The molecule has 2 atom stereocenters. The number of rotatable bonds is 5. The number of hydrogen-bond acceptors (Lipinski definition) is 2. The maximum Gasteiger partial charge on any atom is 0.241 e. The minimum atomic E-state index is -0.207. The van der Waals surface area contributed by atoms with Crippen LogP contribution in [0, 0.1) is 18.7 Å². The van der Waals surface area contributed by atoms with Crippen molar-refractivity contribution < 1.29 is 9.18 Å². The third kappa shape index (κ3) is 7.63. The summed E-state index contributed by atoms with van der Waals surface area (Å²) in [4.78, 5) is 18.1. The Morgan fingerprint density at radius 2 is 2.00 bits per heavy atom. The predicted molar refractivity (Wildman–Crippen MR) is 119 cm³/mol. The molecule has 7 heteroatoms. The van der Waals surface area contributed by atoms with Gasteiger partial charge in [0.1, 0.15) is 5.82 Å². The predicted octanol–water partition coefficient (Wildman–Crippen LogP) is 3.45. The van der Waals surface area contributed by atoms with Crippen molar-refractivity contribution in [2.75, 3.05) is 20.6 Å². The summed E-state index contributed by atoms with van der Waals surface area (Å²) in [5.74, 6) is 1.00. The zero-order chi connectivity index (χ0) is 19.1. The number of aliphatic imine (C=N–C) groups is 1. The first-order valence-corrected chi connectivity index (χ1v) is 9.37. The minimum Gasteiger partial charge on any atom is -0.353 e. The molecular formula is C20H32FIN4O. The highest BCUT2D eigenvalue weighted by Crippen LogP contribution is 2.23. The van der Waals surface area contributed by atoms with Gasteiger partial charge in [0.25, 0.3) is 0 Å². The molecule has 2 unspecified atom stereocenters. The van der Waals surface area contributed by atoms with Crippen LogP contribution in [0.4, 0.5) is 4.39 Å². The van der Waals surface area contributed by atoms with Gasteiger partial charge >= 0.3 is 0 Å². The van der Waals surface area contributed by atoms with Crippen molar-refractivity contribution in [3.63, 3.8) is 0 Å². The van der Waals surface area contributed by atoms with Crippen LogP contribution in [0.1, 0.15) is 43.7 Å². The summed E-state index contributed by atoms with van der Waals surface area (Å²) in [5.41, 5.74) is 1.56. The lowest BCUT2D eigenvalue weighted by molar-refractivity contribution is -0.127. The Morgan fingerprint density at radius 1 is 1.30 bits per heavy atom. The highest BCUT2D eigenvalue weighted by atomic mass is 127. The van der Waals surface area contributed by atoms with E-state index < -0.39 is 0 Å². The van der Waals surface area contributed by atoms with Gasteiger partial charge in [-0.2, -0.15) is 0 Å². The Morgan fingerprint density at radius 3 is 2.63 bits per heavy atom. The highest BCUT2D eigenvalue weighted by Gasteiger charge is 2.22. The minimum absolute atomic E-state index is 0. The second-order valence-electron chi connectivity index (χ2n) is 7.40. The van der Waals surface area contributed by atoms with Gasteiger partial charge in [-0.15, -0.1) is 24.0 Å². The van der Waals surface area contributed by atoms with Crippen molar-refractivity contribution in [1.29, 1.82) is 0 Å². The maximum atomic E-state index is 13.4. The van der Waals surface area contributed by atoms with E-state index in [0.717, 1.165) is 12.0 Å². The molecule has 0 saturated heterocycles. The average Bonchev–Trinajstić information content (AvgIpc) is 2.61. The number of likely N-dealkylation sites (N-methyl/N-ethyl adjacent to an activating group) is 1. The monoisotopic (exact) mass is 490 g/mol. The van der Waals surface area contributed by atoms with E-state index in [1.165, 1.54) is 25.3 Å². The molecule has 0 bridgehead atoms. The van der Waals surface area contributed by atoms with Gasteiger partial charge in [0, 0.05) is 20.1 Å². The van der Waals surface area contributed by atoms with Crippen molar-refractivity contribution in [1.82, 2.24) is 15.5 Å². The molecule has 1 aromatic carbocycles. The largest absolute Gasteiger partial charge is 0.353 e. The third-order valence-electron chi connectivity index (χ3n) is 4.98. The number of halogens is 2. The van der Waals surface area contributed by atoms with Crippen molar-refractivity contribution in [2.45, 2.75) is 52.1 Å². The van der Waals surface area contributed by atoms with Gasteiger partial charge in [-0.25, -0.2) is 9.38 Å². The maximum absolute atomic E-state index is 13.4. The molecule has 0 spiro atoms. The van der Waals surface area contributed by atoms with E-state index in [0.29, 0.717) is 30.0 Å². The normalized spacial score (nSPS) is 19.8. The Labute approximate surface area is 179 Å². The number of amides is 1. The molecule has 1 aliphatic rings. The fourth-order valence-electron chi connectivity index (χ4n) is 3.15. The Bertz CT molecular complexity index is 651. The lowest BCUT2D eigenvalue weighted by Gasteiger charge is -2.31. The summed E-state index contributed by atoms with van der Waals surface area (Å²) in [6.07, 6.45) is 4.80. The number of benzene rings is 1. The fraction of sp³-hybridized carbons (Fsp3) is 0.600. The van der Waals surface area contributed by atoms with Gasteiger partial charge in [0.2, 0.25) is 5.91 Å². The molecule has 27 heavy (non-hydrogen) atoms. The number of nitrogens with one attached hydrogen (secondary N) is 2. The van der Waals surface area contributed by atoms with Crippen LogP contribution in [0.2, 0.25) is 0 Å². The molecule has 1 saturated carbocycles. The zero-order valence-electron chi connectivity index (χ0n) is 16.7. The van der Waals surface area contributed by atoms with Crippen LogP contribution in [0.25, 0.3) is 0 Å². The van der Waals surface area contributed by atoms with Crippen molar-refractivity contribution >= 4 is 35.8 Å². The summed E-state index contributed by atoms with van der Waals surface area (Å²) >= 11 is 0. The van der Waals surface area contributed by atoms with Crippen LogP contribution >= 0.6 is 24.0 Å². The van der Waals surface area contributed by atoms with Gasteiger partial charge in [0.05, 0.1) is 13.1 Å². The van der Waals surface area contributed by atoms with Crippen LogP contribution < -0.4 is 10.6 Å². The number of hydrogen-bond donors (Lipinski definition) is 2. The number of aryl methyl sites for hydroxylation is 1. The quantitative estimate of drug-likeness (QED) is 0.378. The van der Waals surface area contributed by atoms with Gasteiger partial charge in [0.15, 0.2) is 5.96 Å². The second kappa shape index (κ2) is 11.5. The van der Waals surface area contributed by atoms with Gasteiger partial charge in [-0.1, -0.05) is 31.9 Å². The highest BCUT2D eigenvalue weighted by molar-refractivity contribution is 14.0. The summed E-state index contributed by atoms with van der Waals surface area (Å²) in [5, 5.41) is 6.63. The lowest BCUT2D eigenvalue weighted by Crippen LogP contribution is -2.49. The third-order valence-corrected chi connectivity index (χ3v) is 4.98. The van der Waals surface area contributed by atoms with Crippen LogP contribution in [-0.4, -0.2) is 43.4 Å². The lowest BCUT2D eigenvalue weighted by atomic mass is 9.86. The number of carbonyl (C=O) groups is 1. The van der Waals surface area contributed by atoms with E-state index in [4.69, 9.17) is 0 Å². The molecule has 2 N–H and O–H groups in total. The molecule has 5 nitrogen and oxygen atoms in total. The summed E-state index contributed by atoms with van der Waals surface area (Å²) in [6, 6.07) is 5.39. The van der Waals surface area contributed by atoms with Crippen LogP contribution in [0.3, 0.4) is 0 Å². The first-order chi connectivity index (χ1) is 12.4. The molecule has 1 aliphatic carbocycles. The molecular weight excluding hydrogens is 458 g/mol. The van der Waals surface area contributed by atoms with E-state index in [2.05, 4.69) is 22.5 Å². The van der Waals surface area contributed by atoms with Crippen molar-refractivity contribution in [2.24, 2.45) is 10.9 Å². The van der Waals surface area contributed by atoms with Crippen molar-refractivity contribution in [3.05, 3.63) is 35.1 Å². The van der Waals surface area contributed by atoms with Gasteiger partial charge < -0.3 is 15.5 Å². The fourth-order valence-corrected chi connectivity index (χ4v) is 3.15. The van der Waals surface area contributed by atoms with Crippen molar-refractivity contribution in [3.8, 4) is 0 Å². The molecule has 2 rings (SSSR count). The van der Waals surface area contributed by atoms with E-state index in [9.17, 15) is 9.18 Å². The Kier molecular flexibility index (Phi) is 10.0. The Hall–Kier alpha value is -1.38. The van der Waals surface area contributed by atoms with E-state index in [-0.39, 0.29) is 42.2 Å². The van der Waals surface area contributed by atoms with Crippen LogP contribution in [0.5, 0.6) is 0 Å².